The van der Waals surface area contributed by atoms with Gasteiger partial charge in [0.05, 0.1) is 21.4 Å². The first-order valence-corrected chi connectivity index (χ1v) is 14.9. The minimum Gasteiger partial charge on any atom is -0.256 e. The van der Waals surface area contributed by atoms with Crippen LogP contribution >= 0.6 is 11.3 Å². The Labute approximate surface area is 246 Å². The van der Waals surface area contributed by atoms with Crippen LogP contribution in [0.5, 0.6) is 0 Å². The zero-order chi connectivity index (χ0) is 28.8. The van der Waals surface area contributed by atoms with Crippen LogP contribution in [0.2, 0.25) is 0 Å². The maximum Gasteiger partial charge on any atom is 0.126 e. The van der Waals surface area contributed by atoms with E-state index in [-0.39, 0.29) is 10.8 Å². The second kappa shape index (κ2) is 10.4. The summed E-state index contributed by atoms with van der Waals surface area (Å²) in [7, 11) is 0. The van der Waals surface area contributed by atoms with Gasteiger partial charge in [-0.25, -0.2) is 4.98 Å². The van der Waals surface area contributed by atoms with Crippen molar-refractivity contribution >= 4 is 44.4 Å². The summed E-state index contributed by atoms with van der Waals surface area (Å²) < 4.78 is 1.16. The van der Waals surface area contributed by atoms with Crippen LogP contribution in [-0.2, 0) is 10.8 Å². The number of hydrogen-bond donors (Lipinski definition) is 0. The third-order valence-corrected chi connectivity index (χ3v) is 8.58. The van der Waals surface area contributed by atoms with Crippen LogP contribution in [0.4, 0.5) is 5.69 Å². The molecule has 204 valence electrons. The van der Waals surface area contributed by atoms with Gasteiger partial charge in [-0.1, -0.05) is 90.1 Å². The molecule has 4 heteroatoms. The molecule has 0 saturated heterocycles. The second-order valence-corrected chi connectivity index (χ2v) is 13.7. The molecule has 0 aliphatic heterocycles. The molecule has 6 rings (SSSR count). The highest BCUT2D eigenvalue weighted by atomic mass is 32.1. The Bertz CT molecular complexity index is 1880. The fraction of sp³-hybridized carbons (Fsp3) is 0.216. The van der Waals surface area contributed by atoms with Crippen LogP contribution in [0.25, 0.3) is 42.8 Å². The lowest BCUT2D eigenvalue weighted by atomic mass is 9.79. The summed E-state index contributed by atoms with van der Waals surface area (Å²) in [5.41, 5.74) is 10.1. The first-order valence-electron chi connectivity index (χ1n) is 14.1. The van der Waals surface area contributed by atoms with Crippen LogP contribution < -0.4 is 0 Å². The molecular formula is C37H35N3S. The maximum absolute atomic E-state index is 5.20. The van der Waals surface area contributed by atoms with E-state index in [0.29, 0.717) is 0 Å². The van der Waals surface area contributed by atoms with Gasteiger partial charge in [-0.3, -0.25) is 9.98 Å². The standard InChI is InChI=1S/C37H35N3S/c1-36(2,3)25-20-24(21-26(22-25)37(4,5)6)23-39-32-16-8-7-12-30(32)35-40-34-29(14-10-18-33(34)41-35)27-13-9-17-31-28(27)15-11-19-38-31/h7-23H,1-6H3. The molecule has 0 fully saturated rings. The molecule has 2 heterocycles. The molecule has 0 aliphatic carbocycles. The summed E-state index contributed by atoms with van der Waals surface area (Å²) in [5, 5.41) is 2.10. The molecule has 0 N–H and O–H groups in total. The largest absolute Gasteiger partial charge is 0.256 e. The zero-order valence-electron chi connectivity index (χ0n) is 24.6. The van der Waals surface area contributed by atoms with E-state index < -0.39 is 0 Å². The molecule has 0 saturated carbocycles. The fourth-order valence-corrected chi connectivity index (χ4v) is 6.15. The van der Waals surface area contributed by atoms with Crippen LogP contribution in [0.3, 0.4) is 0 Å². The van der Waals surface area contributed by atoms with Gasteiger partial charge in [0.25, 0.3) is 0 Å². The quantitative estimate of drug-likeness (QED) is 0.204. The van der Waals surface area contributed by atoms with Gasteiger partial charge in [-0.15, -0.1) is 11.3 Å². The lowest BCUT2D eigenvalue weighted by Gasteiger charge is -2.25. The normalized spacial score (nSPS) is 12.5. The number of aromatic nitrogens is 2. The van der Waals surface area contributed by atoms with Crippen molar-refractivity contribution in [1.29, 1.82) is 0 Å². The first-order chi connectivity index (χ1) is 19.6. The second-order valence-electron chi connectivity index (χ2n) is 12.7. The molecule has 0 amide bonds. The van der Waals surface area contributed by atoms with E-state index in [9.17, 15) is 0 Å². The molecule has 0 atom stereocenters. The molecule has 6 aromatic rings. The molecular weight excluding hydrogens is 518 g/mol. The Hall–Kier alpha value is -4.15. The average molecular weight is 554 g/mol. The molecule has 0 spiro atoms. The van der Waals surface area contributed by atoms with Crippen LogP contribution in [0.15, 0.2) is 102 Å². The molecule has 3 nitrogen and oxygen atoms in total. The van der Waals surface area contributed by atoms with Crippen molar-refractivity contribution in [3.8, 4) is 21.7 Å². The van der Waals surface area contributed by atoms with E-state index in [2.05, 4.69) is 125 Å². The third kappa shape index (κ3) is 5.45. The molecule has 0 unspecified atom stereocenters. The predicted octanol–water partition coefficient (Wildman–Crippen LogP) is 10.5. The molecule has 0 aliphatic rings. The van der Waals surface area contributed by atoms with Gasteiger partial charge in [0.2, 0.25) is 0 Å². The lowest BCUT2D eigenvalue weighted by Crippen LogP contribution is -2.17. The topological polar surface area (TPSA) is 38.1 Å². The number of hydrogen-bond acceptors (Lipinski definition) is 4. The van der Waals surface area contributed by atoms with E-state index in [0.717, 1.165) is 54.1 Å². The highest BCUT2D eigenvalue weighted by molar-refractivity contribution is 7.21. The van der Waals surface area contributed by atoms with Crippen molar-refractivity contribution in [3.63, 3.8) is 0 Å². The summed E-state index contributed by atoms with van der Waals surface area (Å²) in [6.07, 6.45) is 3.85. The monoisotopic (exact) mass is 553 g/mol. The highest BCUT2D eigenvalue weighted by Gasteiger charge is 2.20. The number of rotatable bonds is 4. The van der Waals surface area contributed by atoms with Crippen molar-refractivity contribution in [2.45, 2.75) is 52.4 Å². The average Bonchev–Trinajstić information content (AvgIpc) is 3.39. The number of nitrogens with zero attached hydrogens (tertiary/aromatic N) is 3. The van der Waals surface area contributed by atoms with Gasteiger partial charge >= 0.3 is 0 Å². The number of pyridine rings is 1. The molecule has 4 aromatic carbocycles. The Kier molecular flexibility index (Phi) is 6.83. The number of benzene rings is 4. The number of para-hydroxylation sites is 2. The van der Waals surface area contributed by atoms with Crippen molar-refractivity contribution in [2.75, 3.05) is 0 Å². The Balaban J connectivity index is 1.43. The molecule has 41 heavy (non-hydrogen) atoms. The summed E-state index contributed by atoms with van der Waals surface area (Å²) in [4.78, 5) is 14.8. The van der Waals surface area contributed by atoms with E-state index >= 15 is 0 Å². The predicted molar refractivity (Wildman–Crippen MR) is 177 cm³/mol. The van der Waals surface area contributed by atoms with Crippen LogP contribution in [0.1, 0.15) is 58.2 Å². The smallest absolute Gasteiger partial charge is 0.126 e. The van der Waals surface area contributed by atoms with Gasteiger partial charge in [0.15, 0.2) is 0 Å². The van der Waals surface area contributed by atoms with Crippen molar-refractivity contribution < 1.29 is 0 Å². The van der Waals surface area contributed by atoms with Crippen molar-refractivity contribution in [2.24, 2.45) is 4.99 Å². The molecule has 0 bridgehead atoms. The number of thiazole rings is 1. The summed E-state index contributed by atoms with van der Waals surface area (Å²) in [6.45, 7) is 13.6. The van der Waals surface area contributed by atoms with Crippen molar-refractivity contribution in [3.05, 3.63) is 114 Å². The van der Waals surface area contributed by atoms with Gasteiger partial charge < -0.3 is 0 Å². The summed E-state index contributed by atoms with van der Waals surface area (Å²) in [5.74, 6) is 0. The van der Waals surface area contributed by atoms with Crippen LogP contribution in [-0.4, -0.2) is 16.2 Å². The van der Waals surface area contributed by atoms with Gasteiger partial charge in [0, 0.05) is 28.9 Å². The fourth-order valence-electron chi connectivity index (χ4n) is 5.12. The minimum atomic E-state index is 0.0562. The van der Waals surface area contributed by atoms with Crippen LogP contribution in [0, 0.1) is 0 Å². The number of fused-ring (bicyclic) bond motifs is 2. The summed E-state index contributed by atoms with van der Waals surface area (Å²) in [6, 6.07) is 32.0. The number of aliphatic imine (C=N–C) groups is 1. The Morgan fingerprint density at radius 1 is 0.683 bits per heavy atom. The van der Waals surface area contributed by atoms with E-state index in [1.165, 1.54) is 11.1 Å². The first kappa shape index (κ1) is 27.0. The summed E-state index contributed by atoms with van der Waals surface area (Å²) >= 11 is 1.71. The van der Waals surface area contributed by atoms with Crippen molar-refractivity contribution in [1.82, 2.24) is 9.97 Å². The Morgan fingerprint density at radius 3 is 2.12 bits per heavy atom. The highest BCUT2D eigenvalue weighted by Crippen LogP contribution is 2.40. The van der Waals surface area contributed by atoms with Gasteiger partial charge in [-0.2, -0.15) is 0 Å². The maximum atomic E-state index is 5.20. The van der Waals surface area contributed by atoms with E-state index in [1.807, 2.05) is 24.5 Å². The Morgan fingerprint density at radius 2 is 1.37 bits per heavy atom. The molecule has 0 radical (unpaired) electrons. The zero-order valence-corrected chi connectivity index (χ0v) is 25.4. The SMILES string of the molecule is CC(C)(C)c1cc(C=Nc2ccccc2-c2nc3c(-c4cccc5ncccc45)cccc3s2)cc(C(C)(C)C)c1. The van der Waals surface area contributed by atoms with Gasteiger partial charge in [-0.05, 0) is 75.5 Å². The molecule has 2 aromatic heterocycles. The minimum absolute atomic E-state index is 0.0562. The van der Waals surface area contributed by atoms with E-state index in [1.54, 1.807) is 11.3 Å². The van der Waals surface area contributed by atoms with E-state index in [4.69, 9.17) is 9.98 Å². The third-order valence-electron chi connectivity index (χ3n) is 7.53. The van der Waals surface area contributed by atoms with Gasteiger partial charge in [0.1, 0.15) is 5.01 Å². The lowest BCUT2D eigenvalue weighted by molar-refractivity contribution is 0.568.